The van der Waals surface area contributed by atoms with E-state index in [4.69, 9.17) is 9.31 Å². The monoisotopic (exact) mass is 372 g/mol. The molecule has 26 heavy (non-hydrogen) atoms. The number of hydrogen-bond donors (Lipinski definition) is 2. The first-order valence-electron chi connectivity index (χ1n) is 8.37. The summed E-state index contributed by atoms with van der Waals surface area (Å²) in [6, 6.07) is 2.85. The molecule has 2 rings (SSSR count). The van der Waals surface area contributed by atoms with Gasteiger partial charge in [-0.3, -0.25) is 0 Å². The Balaban J connectivity index is 2.35. The molecule has 5 nitrogen and oxygen atoms in total. The highest BCUT2D eigenvalue weighted by molar-refractivity contribution is 6.62. The smallest absolute Gasteiger partial charge is 0.399 e. The zero-order valence-electron chi connectivity index (χ0n) is 15.7. The molecule has 0 spiro atoms. The number of halogens is 3. The zero-order chi connectivity index (χ0) is 19.9. The van der Waals surface area contributed by atoms with E-state index >= 15 is 0 Å². The predicted octanol–water partition coefficient (Wildman–Crippen LogP) is 3.53. The average molecular weight is 372 g/mol. The minimum Gasteiger partial charge on any atom is -0.399 e. The number of hydrogen-bond acceptors (Lipinski definition) is 3. The van der Waals surface area contributed by atoms with Gasteiger partial charge in [0.15, 0.2) is 0 Å². The summed E-state index contributed by atoms with van der Waals surface area (Å²) in [5.41, 5.74) is -2.50. The molecule has 0 aromatic heterocycles. The van der Waals surface area contributed by atoms with Crippen LogP contribution in [-0.2, 0) is 15.5 Å². The third-order valence-electron chi connectivity index (χ3n) is 4.54. The Morgan fingerprint density at radius 2 is 1.65 bits per heavy atom. The summed E-state index contributed by atoms with van der Waals surface area (Å²) in [4.78, 5) is 11.7. The zero-order valence-corrected chi connectivity index (χ0v) is 15.7. The molecule has 1 aromatic carbocycles. The van der Waals surface area contributed by atoms with E-state index in [1.165, 1.54) is 12.1 Å². The Morgan fingerprint density at radius 3 is 2.12 bits per heavy atom. The minimum absolute atomic E-state index is 0.0377. The number of benzene rings is 1. The Hall–Kier alpha value is -1.74. The molecule has 9 heteroatoms. The SMILES string of the molecule is CC(C)NC(=O)Nc1ccc(B2OC(C)(C)C(C)(C)O2)c(C(F)(F)F)c1. The summed E-state index contributed by atoms with van der Waals surface area (Å²) < 4.78 is 52.2. The fourth-order valence-corrected chi connectivity index (χ4v) is 2.48. The van der Waals surface area contributed by atoms with Crippen LogP contribution < -0.4 is 16.1 Å². The minimum atomic E-state index is -4.62. The predicted molar refractivity (Wildman–Crippen MR) is 94.5 cm³/mol. The lowest BCUT2D eigenvalue weighted by Crippen LogP contribution is -2.41. The highest BCUT2D eigenvalue weighted by atomic mass is 19.4. The lowest BCUT2D eigenvalue weighted by molar-refractivity contribution is -0.136. The molecule has 1 aromatic rings. The quantitative estimate of drug-likeness (QED) is 0.799. The molecule has 1 fully saturated rings. The van der Waals surface area contributed by atoms with Crippen molar-refractivity contribution in [2.45, 2.75) is 65.0 Å². The molecular formula is C17H24BF3N2O3. The van der Waals surface area contributed by atoms with Crippen LogP contribution in [-0.4, -0.2) is 30.4 Å². The third kappa shape index (κ3) is 4.32. The van der Waals surface area contributed by atoms with E-state index in [0.717, 1.165) is 6.07 Å². The second-order valence-electron chi connectivity index (χ2n) is 7.64. The van der Waals surface area contributed by atoms with Gasteiger partial charge < -0.3 is 19.9 Å². The van der Waals surface area contributed by atoms with Gasteiger partial charge in [-0.25, -0.2) is 4.79 Å². The Bertz CT molecular complexity index is 674. The maximum absolute atomic E-state index is 13.6. The molecule has 1 aliphatic heterocycles. The van der Waals surface area contributed by atoms with E-state index in [9.17, 15) is 18.0 Å². The van der Waals surface area contributed by atoms with Crippen LogP contribution in [0.4, 0.5) is 23.7 Å². The number of urea groups is 1. The van der Waals surface area contributed by atoms with Gasteiger partial charge in [-0.05, 0) is 59.1 Å². The van der Waals surface area contributed by atoms with Crippen molar-refractivity contribution in [3.8, 4) is 0 Å². The van der Waals surface area contributed by atoms with Gasteiger partial charge in [0, 0.05) is 11.7 Å². The van der Waals surface area contributed by atoms with E-state index < -0.39 is 36.1 Å². The molecule has 0 saturated carbocycles. The third-order valence-corrected chi connectivity index (χ3v) is 4.54. The molecule has 0 aliphatic carbocycles. The van der Waals surface area contributed by atoms with Gasteiger partial charge in [0.1, 0.15) is 0 Å². The van der Waals surface area contributed by atoms with E-state index in [1.54, 1.807) is 41.5 Å². The summed E-state index contributed by atoms with van der Waals surface area (Å²) in [6.07, 6.45) is -4.62. The van der Waals surface area contributed by atoms with E-state index in [1.807, 2.05) is 0 Å². The van der Waals surface area contributed by atoms with Crippen LogP contribution in [0.15, 0.2) is 18.2 Å². The molecule has 2 N–H and O–H groups in total. The number of amides is 2. The molecule has 1 aliphatic rings. The molecule has 144 valence electrons. The van der Waals surface area contributed by atoms with Crippen molar-refractivity contribution in [2.24, 2.45) is 0 Å². The van der Waals surface area contributed by atoms with Gasteiger partial charge in [-0.1, -0.05) is 6.07 Å². The van der Waals surface area contributed by atoms with Crippen LogP contribution in [0.3, 0.4) is 0 Å². The summed E-state index contributed by atoms with van der Waals surface area (Å²) >= 11 is 0. The number of nitrogens with one attached hydrogen (secondary N) is 2. The normalized spacial score (nSPS) is 18.9. The Labute approximate surface area is 151 Å². The van der Waals surface area contributed by atoms with Gasteiger partial charge in [-0.2, -0.15) is 13.2 Å². The first-order chi connectivity index (χ1) is 11.7. The topological polar surface area (TPSA) is 59.6 Å². The van der Waals surface area contributed by atoms with Gasteiger partial charge >= 0.3 is 19.3 Å². The standard InChI is InChI=1S/C17H24BF3N2O3/c1-10(2)22-14(24)23-11-7-8-13(12(9-11)17(19,20)21)18-25-15(3,4)16(5,6)26-18/h7-10H,1-6H3,(H2,22,23,24). The highest BCUT2D eigenvalue weighted by Gasteiger charge is 2.53. The molecule has 1 saturated heterocycles. The summed E-state index contributed by atoms with van der Waals surface area (Å²) in [5, 5.41) is 4.96. The molecule has 2 amide bonds. The summed E-state index contributed by atoms with van der Waals surface area (Å²) in [6.45, 7) is 10.6. The van der Waals surface area contributed by atoms with Gasteiger partial charge in [0.2, 0.25) is 0 Å². The average Bonchev–Trinajstić information content (AvgIpc) is 2.65. The second kappa shape index (κ2) is 6.77. The van der Waals surface area contributed by atoms with Crippen molar-refractivity contribution in [1.82, 2.24) is 5.32 Å². The van der Waals surface area contributed by atoms with Gasteiger partial charge in [-0.15, -0.1) is 0 Å². The molecule has 1 heterocycles. The second-order valence-corrected chi connectivity index (χ2v) is 7.64. The van der Waals surface area contributed by atoms with Crippen LogP contribution in [0.25, 0.3) is 0 Å². The Morgan fingerprint density at radius 1 is 1.12 bits per heavy atom. The van der Waals surface area contributed by atoms with Crippen LogP contribution in [0.2, 0.25) is 0 Å². The van der Waals surface area contributed by atoms with E-state index in [2.05, 4.69) is 10.6 Å². The largest absolute Gasteiger partial charge is 0.495 e. The Kier molecular flexibility index (Phi) is 5.36. The number of carbonyl (C=O) groups is 1. The number of carbonyl (C=O) groups excluding carboxylic acids is 1. The van der Waals surface area contributed by atoms with Crippen molar-refractivity contribution < 1.29 is 27.3 Å². The first-order valence-corrected chi connectivity index (χ1v) is 8.37. The maximum Gasteiger partial charge on any atom is 0.495 e. The van der Waals surface area contributed by atoms with Crippen LogP contribution in [0.1, 0.15) is 47.1 Å². The lowest BCUT2D eigenvalue weighted by atomic mass is 9.75. The summed E-state index contributed by atoms with van der Waals surface area (Å²) in [5.74, 6) is 0. The lowest BCUT2D eigenvalue weighted by Gasteiger charge is -2.32. The van der Waals surface area contributed by atoms with Crippen molar-refractivity contribution in [1.29, 1.82) is 0 Å². The van der Waals surface area contributed by atoms with Crippen LogP contribution in [0, 0.1) is 0 Å². The van der Waals surface area contributed by atoms with Gasteiger partial charge in [0.05, 0.1) is 16.8 Å². The molecule has 0 bridgehead atoms. The van der Waals surface area contributed by atoms with E-state index in [-0.39, 0.29) is 17.2 Å². The molecule has 0 atom stereocenters. The molecular weight excluding hydrogens is 348 g/mol. The van der Waals surface area contributed by atoms with Crippen LogP contribution >= 0.6 is 0 Å². The number of alkyl halides is 3. The van der Waals surface area contributed by atoms with E-state index in [0.29, 0.717) is 0 Å². The van der Waals surface area contributed by atoms with Crippen molar-refractivity contribution in [2.75, 3.05) is 5.32 Å². The fraction of sp³-hybridized carbons (Fsp3) is 0.588. The molecule has 0 unspecified atom stereocenters. The molecule has 0 radical (unpaired) electrons. The van der Waals surface area contributed by atoms with Crippen molar-refractivity contribution in [3.05, 3.63) is 23.8 Å². The summed E-state index contributed by atoms with van der Waals surface area (Å²) in [7, 11) is -1.14. The first kappa shape index (κ1) is 20.6. The van der Waals surface area contributed by atoms with Gasteiger partial charge in [0.25, 0.3) is 0 Å². The van der Waals surface area contributed by atoms with Crippen molar-refractivity contribution in [3.63, 3.8) is 0 Å². The maximum atomic E-state index is 13.6. The number of anilines is 1. The number of rotatable bonds is 3. The van der Waals surface area contributed by atoms with Crippen LogP contribution in [0.5, 0.6) is 0 Å². The van der Waals surface area contributed by atoms with Crippen molar-refractivity contribution >= 4 is 24.3 Å². The highest BCUT2D eigenvalue weighted by Crippen LogP contribution is 2.38. The fourth-order valence-electron chi connectivity index (χ4n) is 2.48.